The largest absolute Gasteiger partial charge is 0.293 e. The summed E-state index contributed by atoms with van der Waals surface area (Å²) >= 11 is 0. The number of hydrogen-bond donors (Lipinski definition) is 0. The van der Waals surface area contributed by atoms with Gasteiger partial charge in [-0.1, -0.05) is 19.9 Å². The van der Waals surface area contributed by atoms with Gasteiger partial charge in [-0.3, -0.25) is 4.84 Å². The SMILES string of the molecule is Cc1cc(C#N)ccc1[C@@]1(C)C[C@@H]2[C@@H]([C@@H](C)C1)N(C)OC2(C)C. The van der Waals surface area contributed by atoms with Gasteiger partial charge in [-0.25, -0.2) is 0 Å². The highest BCUT2D eigenvalue weighted by Crippen LogP contribution is 2.53. The molecule has 3 rings (SSSR count). The normalized spacial score (nSPS) is 36.5. The number of nitrogens with zero attached hydrogens (tertiary/aromatic N) is 2. The third-order valence-electron chi connectivity index (χ3n) is 6.14. The van der Waals surface area contributed by atoms with E-state index in [-0.39, 0.29) is 11.0 Å². The van der Waals surface area contributed by atoms with Crippen molar-refractivity contribution in [3.8, 4) is 6.07 Å². The maximum Gasteiger partial charge on any atom is 0.0991 e. The van der Waals surface area contributed by atoms with E-state index in [0.717, 1.165) is 18.4 Å². The van der Waals surface area contributed by atoms with Gasteiger partial charge in [-0.15, -0.1) is 0 Å². The van der Waals surface area contributed by atoms with Crippen LogP contribution in [0.3, 0.4) is 0 Å². The zero-order chi connectivity index (χ0) is 17.0. The molecule has 0 spiro atoms. The Morgan fingerprint density at radius 1 is 1.26 bits per heavy atom. The zero-order valence-electron chi connectivity index (χ0n) is 15.2. The summed E-state index contributed by atoms with van der Waals surface area (Å²) in [6, 6.07) is 8.91. The highest BCUT2D eigenvalue weighted by atomic mass is 16.7. The second kappa shape index (κ2) is 5.33. The molecule has 1 aromatic carbocycles. The van der Waals surface area contributed by atoms with E-state index in [2.05, 4.69) is 58.9 Å². The minimum Gasteiger partial charge on any atom is -0.293 e. The van der Waals surface area contributed by atoms with E-state index in [1.165, 1.54) is 11.1 Å². The van der Waals surface area contributed by atoms with E-state index in [9.17, 15) is 0 Å². The van der Waals surface area contributed by atoms with E-state index in [1.807, 2.05) is 12.1 Å². The van der Waals surface area contributed by atoms with Crippen molar-refractivity contribution >= 4 is 0 Å². The van der Waals surface area contributed by atoms with Crippen LogP contribution in [0.5, 0.6) is 0 Å². The number of hydrogen-bond acceptors (Lipinski definition) is 3. The minimum absolute atomic E-state index is 0.115. The number of aryl methyl sites for hydroxylation is 1. The van der Waals surface area contributed by atoms with Gasteiger partial charge in [0, 0.05) is 19.0 Å². The molecule has 124 valence electrons. The molecule has 0 aromatic heterocycles. The molecular formula is C20H28N2O. The second-order valence-corrected chi connectivity index (χ2v) is 8.43. The van der Waals surface area contributed by atoms with Crippen LogP contribution in [0.4, 0.5) is 0 Å². The maximum atomic E-state index is 9.12. The number of hydroxylamine groups is 2. The Morgan fingerprint density at radius 2 is 1.96 bits per heavy atom. The van der Waals surface area contributed by atoms with Crippen LogP contribution in [0, 0.1) is 30.1 Å². The predicted octanol–water partition coefficient (Wildman–Crippen LogP) is 4.19. The summed E-state index contributed by atoms with van der Waals surface area (Å²) in [4.78, 5) is 6.15. The minimum atomic E-state index is -0.115. The van der Waals surface area contributed by atoms with Gasteiger partial charge in [-0.2, -0.15) is 10.3 Å². The average Bonchev–Trinajstić information content (AvgIpc) is 2.67. The smallest absolute Gasteiger partial charge is 0.0991 e. The first kappa shape index (κ1) is 16.5. The van der Waals surface area contributed by atoms with Crippen molar-refractivity contribution in [3.63, 3.8) is 0 Å². The predicted molar refractivity (Wildman–Crippen MR) is 91.8 cm³/mol. The van der Waals surface area contributed by atoms with Crippen molar-refractivity contribution < 1.29 is 4.84 Å². The van der Waals surface area contributed by atoms with Crippen molar-refractivity contribution in [2.75, 3.05) is 7.05 Å². The molecule has 23 heavy (non-hydrogen) atoms. The number of rotatable bonds is 1. The van der Waals surface area contributed by atoms with Crippen LogP contribution in [0.25, 0.3) is 0 Å². The van der Waals surface area contributed by atoms with E-state index in [1.54, 1.807) is 0 Å². The van der Waals surface area contributed by atoms with Gasteiger partial charge in [0.15, 0.2) is 0 Å². The summed E-state index contributed by atoms with van der Waals surface area (Å²) in [5.74, 6) is 1.11. The fraction of sp³-hybridized carbons (Fsp3) is 0.650. The first-order valence-electron chi connectivity index (χ1n) is 8.61. The first-order chi connectivity index (χ1) is 10.7. The van der Waals surface area contributed by atoms with Gasteiger partial charge in [-0.05, 0) is 68.2 Å². The molecule has 1 saturated heterocycles. The van der Waals surface area contributed by atoms with E-state index in [4.69, 9.17) is 10.1 Å². The fourth-order valence-electron chi connectivity index (χ4n) is 5.32. The second-order valence-electron chi connectivity index (χ2n) is 8.43. The van der Waals surface area contributed by atoms with Gasteiger partial charge in [0.05, 0.1) is 17.2 Å². The Bertz CT molecular complexity index is 660. The summed E-state index contributed by atoms with van der Waals surface area (Å²) in [7, 11) is 2.08. The molecular weight excluding hydrogens is 284 g/mol. The van der Waals surface area contributed by atoms with Crippen molar-refractivity contribution in [3.05, 3.63) is 34.9 Å². The van der Waals surface area contributed by atoms with Crippen LogP contribution in [-0.4, -0.2) is 23.8 Å². The Hall–Kier alpha value is -1.37. The van der Waals surface area contributed by atoms with E-state index in [0.29, 0.717) is 17.9 Å². The Labute approximate surface area is 140 Å². The highest BCUT2D eigenvalue weighted by molar-refractivity contribution is 5.41. The van der Waals surface area contributed by atoms with Gasteiger partial charge in [0.1, 0.15) is 0 Å². The molecule has 2 aliphatic rings. The van der Waals surface area contributed by atoms with Gasteiger partial charge in [0.2, 0.25) is 0 Å². The molecule has 1 aliphatic heterocycles. The lowest BCUT2D eigenvalue weighted by Crippen LogP contribution is -2.48. The number of benzene rings is 1. The average molecular weight is 312 g/mol. The molecule has 0 unspecified atom stereocenters. The summed E-state index contributed by atoms with van der Waals surface area (Å²) < 4.78 is 0. The molecule has 1 heterocycles. The topological polar surface area (TPSA) is 36.3 Å². The van der Waals surface area contributed by atoms with Crippen LogP contribution in [0.1, 0.15) is 57.2 Å². The zero-order valence-corrected chi connectivity index (χ0v) is 15.2. The standard InChI is InChI=1S/C20H28N2O/c1-13-9-15(12-21)7-8-16(13)20(5)10-14(2)18-17(11-20)19(3,4)23-22(18)6/h7-9,14,17-18H,10-11H2,1-6H3/t14-,17+,18+,20+/m0/s1. The van der Waals surface area contributed by atoms with Crippen molar-refractivity contribution in [1.29, 1.82) is 5.26 Å². The van der Waals surface area contributed by atoms with Crippen LogP contribution < -0.4 is 0 Å². The van der Waals surface area contributed by atoms with Crippen molar-refractivity contribution in [2.45, 2.75) is 64.5 Å². The van der Waals surface area contributed by atoms with Crippen LogP contribution >= 0.6 is 0 Å². The van der Waals surface area contributed by atoms with Gasteiger partial charge in [0.25, 0.3) is 0 Å². The number of nitriles is 1. The molecule has 3 nitrogen and oxygen atoms in total. The fourth-order valence-corrected chi connectivity index (χ4v) is 5.32. The molecule has 3 heteroatoms. The molecule has 4 atom stereocenters. The van der Waals surface area contributed by atoms with Crippen LogP contribution in [-0.2, 0) is 10.3 Å². The van der Waals surface area contributed by atoms with Crippen LogP contribution in [0.15, 0.2) is 18.2 Å². The Morgan fingerprint density at radius 3 is 2.57 bits per heavy atom. The Kier molecular flexibility index (Phi) is 3.82. The lowest BCUT2D eigenvalue weighted by atomic mass is 9.58. The highest BCUT2D eigenvalue weighted by Gasteiger charge is 2.55. The molecule has 0 N–H and O–H groups in total. The summed E-state index contributed by atoms with van der Waals surface area (Å²) in [6.07, 6.45) is 2.29. The van der Waals surface area contributed by atoms with Gasteiger partial charge >= 0.3 is 0 Å². The monoisotopic (exact) mass is 312 g/mol. The summed E-state index contributed by atoms with van der Waals surface area (Å²) in [5, 5.41) is 11.2. The van der Waals surface area contributed by atoms with Gasteiger partial charge < -0.3 is 0 Å². The maximum absolute atomic E-state index is 9.12. The summed E-state index contributed by atoms with van der Waals surface area (Å²) in [6.45, 7) is 11.3. The lowest BCUT2D eigenvalue weighted by Gasteiger charge is -2.47. The summed E-state index contributed by atoms with van der Waals surface area (Å²) in [5.41, 5.74) is 3.41. The third kappa shape index (κ3) is 2.58. The Balaban J connectivity index is 1.99. The quantitative estimate of drug-likeness (QED) is 0.780. The van der Waals surface area contributed by atoms with Crippen molar-refractivity contribution in [1.82, 2.24) is 5.06 Å². The van der Waals surface area contributed by atoms with E-state index >= 15 is 0 Å². The van der Waals surface area contributed by atoms with Crippen molar-refractivity contribution in [2.24, 2.45) is 11.8 Å². The molecule has 2 fully saturated rings. The molecule has 0 bridgehead atoms. The molecule has 0 radical (unpaired) electrons. The molecule has 0 amide bonds. The third-order valence-corrected chi connectivity index (χ3v) is 6.14. The lowest BCUT2D eigenvalue weighted by molar-refractivity contribution is -0.182. The molecule has 1 saturated carbocycles. The van der Waals surface area contributed by atoms with Crippen LogP contribution in [0.2, 0.25) is 0 Å². The van der Waals surface area contributed by atoms with E-state index < -0.39 is 0 Å². The molecule has 1 aliphatic carbocycles. The number of fused-ring (bicyclic) bond motifs is 1. The first-order valence-corrected chi connectivity index (χ1v) is 8.61. The molecule has 1 aromatic rings.